The molecule has 0 saturated heterocycles. The second kappa shape index (κ2) is 6.75. The van der Waals surface area contributed by atoms with E-state index in [4.69, 9.17) is 4.74 Å². The van der Waals surface area contributed by atoms with Gasteiger partial charge in [-0.3, -0.25) is 0 Å². The van der Waals surface area contributed by atoms with E-state index < -0.39 is 9.84 Å². The lowest BCUT2D eigenvalue weighted by atomic mass is 10.4. The Labute approximate surface area is 108 Å². The van der Waals surface area contributed by atoms with Crippen LogP contribution in [0.1, 0.15) is 13.3 Å². The Kier molecular flexibility index (Phi) is 5.61. The zero-order valence-electron chi connectivity index (χ0n) is 11.1. The van der Waals surface area contributed by atoms with E-state index in [1.165, 1.54) is 6.26 Å². The number of aryl methyl sites for hydroxylation is 1. The molecule has 0 radical (unpaired) electrons. The van der Waals surface area contributed by atoms with Crippen molar-refractivity contribution in [3.63, 3.8) is 0 Å². The largest absolute Gasteiger partial charge is 0.383 e. The van der Waals surface area contributed by atoms with E-state index in [1.807, 2.05) is 17.7 Å². The third-order valence-corrected chi connectivity index (χ3v) is 3.45. The molecule has 0 aromatic carbocycles. The summed E-state index contributed by atoms with van der Waals surface area (Å²) in [6, 6.07) is 0.158. The van der Waals surface area contributed by atoms with Crippen molar-refractivity contribution in [3.05, 3.63) is 12.4 Å². The predicted octanol–water partition coefficient (Wildman–Crippen LogP) is 0.765. The van der Waals surface area contributed by atoms with Crippen molar-refractivity contribution in [1.82, 2.24) is 9.55 Å². The molecular formula is C11H21N3O3S. The highest BCUT2D eigenvalue weighted by molar-refractivity contribution is 7.90. The number of imidazole rings is 1. The first kappa shape index (κ1) is 15.0. The molecule has 0 fully saturated rings. The highest BCUT2D eigenvalue weighted by Gasteiger charge is 2.08. The maximum absolute atomic E-state index is 11.1. The number of anilines is 1. The van der Waals surface area contributed by atoms with Gasteiger partial charge in [-0.05, 0) is 13.3 Å². The first-order valence-corrected chi connectivity index (χ1v) is 7.93. The first-order valence-electron chi connectivity index (χ1n) is 5.86. The van der Waals surface area contributed by atoms with E-state index in [0.717, 1.165) is 5.95 Å². The van der Waals surface area contributed by atoms with Gasteiger partial charge in [-0.2, -0.15) is 0 Å². The van der Waals surface area contributed by atoms with Crippen LogP contribution in [0.4, 0.5) is 5.95 Å². The summed E-state index contributed by atoms with van der Waals surface area (Å²) in [6.45, 7) is 3.23. The topological polar surface area (TPSA) is 73.2 Å². The summed E-state index contributed by atoms with van der Waals surface area (Å²) >= 11 is 0. The minimum Gasteiger partial charge on any atom is -0.383 e. The van der Waals surface area contributed by atoms with Crippen LogP contribution in [0.15, 0.2) is 12.4 Å². The molecule has 0 saturated carbocycles. The molecule has 18 heavy (non-hydrogen) atoms. The number of nitrogens with one attached hydrogen (secondary N) is 1. The van der Waals surface area contributed by atoms with Gasteiger partial charge in [0.2, 0.25) is 5.95 Å². The van der Waals surface area contributed by atoms with Crippen molar-refractivity contribution in [2.24, 2.45) is 0 Å². The molecule has 0 aliphatic carbocycles. The summed E-state index contributed by atoms with van der Waals surface area (Å²) < 4.78 is 29.1. The number of aromatic nitrogens is 2. The SMILES string of the molecule is COCC(C)Nc1nccn1CCCS(C)(=O)=O. The van der Waals surface area contributed by atoms with Gasteiger partial charge in [0.25, 0.3) is 0 Å². The van der Waals surface area contributed by atoms with Crippen LogP contribution in [0.2, 0.25) is 0 Å². The molecule has 0 aliphatic heterocycles. The lowest BCUT2D eigenvalue weighted by Gasteiger charge is -2.15. The monoisotopic (exact) mass is 275 g/mol. The molecule has 1 N–H and O–H groups in total. The zero-order chi connectivity index (χ0) is 13.6. The van der Waals surface area contributed by atoms with E-state index in [9.17, 15) is 8.42 Å². The van der Waals surface area contributed by atoms with Crippen molar-refractivity contribution in [2.45, 2.75) is 25.9 Å². The van der Waals surface area contributed by atoms with Gasteiger partial charge >= 0.3 is 0 Å². The lowest BCUT2D eigenvalue weighted by Crippen LogP contribution is -2.23. The van der Waals surface area contributed by atoms with E-state index >= 15 is 0 Å². The molecule has 1 unspecified atom stereocenters. The van der Waals surface area contributed by atoms with Crippen LogP contribution < -0.4 is 5.32 Å². The lowest BCUT2D eigenvalue weighted by molar-refractivity contribution is 0.190. The molecule has 104 valence electrons. The molecule has 1 rings (SSSR count). The third kappa shape index (κ3) is 5.50. The Balaban J connectivity index is 2.49. The molecular weight excluding hydrogens is 254 g/mol. The van der Waals surface area contributed by atoms with Gasteiger partial charge in [0, 0.05) is 38.3 Å². The average molecular weight is 275 g/mol. The molecule has 0 bridgehead atoms. The first-order chi connectivity index (χ1) is 8.42. The summed E-state index contributed by atoms with van der Waals surface area (Å²) in [5.74, 6) is 0.936. The van der Waals surface area contributed by atoms with Crippen LogP contribution >= 0.6 is 0 Å². The maximum atomic E-state index is 11.1. The number of ether oxygens (including phenoxy) is 1. The molecule has 0 amide bonds. The zero-order valence-corrected chi connectivity index (χ0v) is 11.9. The Bertz CT molecular complexity index is 456. The Morgan fingerprint density at radius 3 is 2.89 bits per heavy atom. The van der Waals surface area contributed by atoms with Crippen LogP contribution in [0.3, 0.4) is 0 Å². The third-order valence-electron chi connectivity index (χ3n) is 2.42. The summed E-state index contributed by atoms with van der Waals surface area (Å²) in [7, 11) is -1.25. The van der Waals surface area contributed by atoms with Crippen molar-refractivity contribution in [2.75, 3.05) is 31.0 Å². The Morgan fingerprint density at radius 1 is 1.56 bits per heavy atom. The smallest absolute Gasteiger partial charge is 0.203 e. The van der Waals surface area contributed by atoms with Crippen molar-refractivity contribution in [1.29, 1.82) is 0 Å². The fourth-order valence-electron chi connectivity index (χ4n) is 1.64. The van der Waals surface area contributed by atoms with Gasteiger partial charge in [0.15, 0.2) is 0 Å². The number of nitrogens with zero attached hydrogens (tertiary/aromatic N) is 2. The van der Waals surface area contributed by atoms with E-state index in [-0.39, 0.29) is 11.8 Å². The quantitative estimate of drug-likeness (QED) is 0.758. The molecule has 6 nitrogen and oxygen atoms in total. The number of hydrogen-bond donors (Lipinski definition) is 1. The molecule has 1 aromatic rings. The van der Waals surface area contributed by atoms with E-state index in [1.54, 1.807) is 13.3 Å². The van der Waals surface area contributed by atoms with Gasteiger partial charge < -0.3 is 14.6 Å². The standard InChI is InChI=1S/C11H21N3O3S/c1-10(9-17-2)13-11-12-5-7-14(11)6-4-8-18(3,15)16/h5,7,10H,4,6,8-9H2,1-3H3,(H,12,13). The minimum atomic E-state index is -2.90. The minimum absolute atomic E-state index is 0.158. The van der Waals surface area contributed by atoms with Crippen LogP contribution in [0, 0.1) is 0 Å². The second-order valence-corrected chi connectivity index (χ2v) is 6.69. The van der Waals surface area contributed by atoms with Crippen molar-refractivity contribution in [3.8, 4) is 0 Å². The molecule has 0 spiro atoms. The Morgan fingerprint density at radius 2 is 2.28 bits per heavy atom. The number of methoxy groups -OCH3 is 1. The predicted molar refractivity (Wildman–Crippen MR) is 71.5 cm³/mol. The van der Waals surface area contributed by atoms with Gasteiger partial charge in [0.1, 0.15) is 9.84 Å². The number of rotatable bonds is 8. The molecule has 7 heteroatoms. The number of sulfone groups is 1. The van der Waals surface area contributed by atoms with Gasteiger partial charge in [-0.25, -0.2) is 13.4 Å². The van der Waals surface area contributed by atoms with Gasteiger partial charge in [-0.1, -0.05) is 0 Å². The average Bonchev–Trinajstić information content (AvgIpc) is 2.64. The summed E-state index contributed by atoms with van der Waals surface area (Å²) in [5.41, 5.74) is 0. The Hall–Kier alpha value is -1.08. The molecule has 1 aromatic heterocycles. The highest BCUT2D eigenvalue weighted by atomic mass is 32.2. The van der Waals surface area contributed by atoms with Gasteiger partial charge in [-0.15, -0.1) is 0 Å². The second-order valence-electron chi connectivity index (χ2n) is 4.43. The van der Waals surface area contributed by atoms with Gasteiger partial charge in [0.05, 0.1) is 12.4 Å². The van der Waals surface area contributed by atoms with Crippen LogP contribution in [-0.2, 0) is 21.1 Å². The summed E-state index contributed by atoms with van der Waals surface area (Å²) in [4.78, 5) is 4.20. The van der Waals surface area contributed by atoms with E-state index in [0.29, 0.717) is 19.6 Å². The fraction of sp³-hybridized carbons (Fsp3) is 0.727. The van der Waals surface area contributed by atoms with E-state index in [2.05, 4.69) is 10.3 Å². The summed E-state index contributed by atoms with van der Waals surface area (Å²) in [6.07, 6.45) is 5.37. The van der Waals surface area contributed by atoms with Crippen molar-refractivity contribution < 1.29 is 13.2 Å². The van der Waals surface area contributed by atoms with Crippen LogP contribution in [0.25, 0.3) is 0 Å². The normalized spacial score (nSPS) is 13.5. The molecule has 1 atom stereocenters. The van der Waals surface area contributed by atoms with Crippen LogP contribution in [-0.4, -0.2) is 49.7 Å². The highest BCUT2D eigenvalue weighted by Crippen LogP contribution is 2.07. The molecule has 0 aliphatic rings. The van der Waals surface area contributed by atoms with Crippen LogP contribution in [0.5, 0.6) is 0 Å². The molecule has 1 heterocycles. The summed E-state index contributed by atoms with van der Waals surface area (Å²) in [5, 5.41) is 3.22. The number of hydrogen-bond acceptors (Lipinski definition) is 5. The maximum Gasteiger partial charge on any atom is 0.203 e. The fourth-order valence-corrected chi connectivity index (χ4v) is 2.29. The van der Waals surface area contributed by atoms with Crippen molar-refractivity contribution >= 4 is 15.8 Å².